The lowest BCUT2D eigenvalue weighted by Gasteiger charge is -2.08. The number of carbonyl (C=O) groups is 1. The van der Waals surface area contributed by atoms with E-state index in [2.05, 4.69) is 4.72 Å². The lowest BCUT2D eigenvalue weighted by Crippen LogP contribution is -2.12. The van der Waals surface area contributed by atoms with E-state index in [9.17, 15) is 17.8 Å². The van der Waals surface area contributed by atoms with Crippen molar-refractivity contribution < 1.29 is 27.6 Å². The molecule has 0 unspecified atom stereocenters. The summed E-state index contributed by atoms with van der Waals surface area (Å²) in [6.07, 6.45) is 0. The lowest BCUT2D eigenvalue weighted by atomic mass is 10.1. The molecule has 3 N–H and O–H groups in total. The number of sulfonamides is 1. The van der Waals surface area contributed by atoms with Gasteiger partial charge in [0.2, 0.25) is 0 Å². The van der Waals surface area contributed by atoms with E-state index in [0.717, 1.165) is 4.70 Å². The molecule has 11 heteroatoms. The van der Waals surface area contributed by atoms with Gasteiger partial charge in [-0.2, -0.15) is 0 Å². The van der Waals surface area contributed by atoms with Gasteiger partial charge < -0.3 is 9.79 Å². The van der Waals surface area contributed by atoms with Gasteiger partial charge in [0.1, 0.15) is 4.90 Å². The van der Waals surface area contributed by atoms with Gasteiger partial charge in [-0.05, 0) is 41.7 Å². The van der Waals surface area contributed by atoms with Crippen molar-refractivity contribution >= 4 is 61.1 Å². The SMILES string of the molecule is O=C(CSP(=O)(O)O)c1ccc(NS(=O)(=O)c2csc3ccccc23)cc1. The Morgan fingerprint density at radius 1 is 1.11 bits per heavy atom. The summed E-state index contributed by atoms with van der Waals surface area (Å²) in [7, 11) is -3.79. The number of Topliss-reactive ketones (excluding diaryl/α,β-unsaturated/α-hetero) is 1. The first-order valence-electron chi connectivity index (χ1n) is 7.48. The zero-order chi connectivity index (χ0) is 19.7. The maximum atomic E-state index is 12.6. The second-order valence-electron chi connectivity index (χ2n) is 5.47. The van der Waals surface area contributed by atoms with Crippen molar-refractivity contribution in [1.82, 2.24) is 0 Å². The average molecular weight is 443 g/mol. The van der Waals surface area contributed by atoms with E-state index >= 15 is 0 Å². The van der Waals surface area contributed by atoms with Crippen LogP contribution in [-0.4, -0.2) is 29.7 Å². The molecule has 0 fully saturated rings. The number of anilines is 1. The monoisotopic (exact) mass is 443 g/mol. The Hall–Kier alpha value is -1.68. The Morgan fingerprint density at radius 3 is 2.44 bits per heavy atom. The quantitative estimate of drug-likeness (QED) is 0.376. The number of hydrogen-bond acceptors (Lipinski definition) is 6. The van der Waals surface area contributed by atoms with Crippen molar-refractivity contribution in [3.05, 3.63) is 59.5 Å². The Labute approximate surface area is 163 Å². The van der Waals surface area contributed by atoms with E-state index in [4.69, 9.17) is 9.79 Å². The molecule has 0 spiro atoms. The number of benzene rings is 2. The fourth-order valence-corrected chi connectivity index (χ4v) is 6.19. The summed E-state index contributed by atoms with van der Waals surface area (Å²) < 4.78 is 39.4. The van der Waals surface area contributed by atoms with Crippen LogP contribution in [0.25, 0.3) is 10.1 Å². The predicted octanol–water partition coefficient (Wildman–Crippen LogP) is 3.71. The zero-order valence-corrected chi connectivity index (χ0v) is 16.9. The maximum absolute atomic E-state index is 12.6. The fourth-order valence-electron chi connectivity index (χ4n) is 2.32. The molecule has 0 aliphatic heterocycles. The number of ketones is 1. The van der Waals surface area contributed by atoms with Crippen LogP contribution in [0, 0.1) is 0 Å². The molecule has 27 heavy (non-hydrogen) atoms. The van der Waals surface area contributed by atoms with Gasteiger partial charge in [-0.15, -0.1) is 11.3 Å². The second kappa shape index (κ2) is 7.75. The van der Waals surface area contributed by atoms with Gasteiger partial charge in [-0.25, -0.2) is 13.0 Å². The number of rotatable bonds is 7. The molecular formula is C16H14NO6PS3. The summed E-state index contributed by atoms with van der Waals surface area (Å²) in [6.45, 7) is -4.32. The van der Waals surface area contributed by atoms with Gasteiger partial charge in [-0.3, -0.25) is 9.52 Å². The van der Waals surface area contributed by atoms with Crippen molar-refractivity contribution in [3.8, 4) is 0 Å². The van der Waals surface area contributed by atoms with Crippen molar-refractivity contribution in [2.45, 2.75) is 4.90 Å². The Morgan fingerprint density at radius 2 is 1.78 bits per heavy atom. The molecule has 1 heterocycles. The van der Waals surface area contributed by atoms with Gasteiger partial charge in [-0.1, -0.05) is 18.2 Å². The van der Waals surface area contributed by atoms with Crippen molar-refractivity contribution in [3.63, 3.8) is 0 Å². The van der Waals surface area contributed by atoms with E-state index in [1.807, 2.05) is 12.1 Å². The molecule has 3 aromatic rings. The first-order chi connectivity index (χ1) is 12.7. The number of nitrogens with one attached hydrogen (secondary N) is 1. The molecular weight excluding hydrogens is 429 g/mol. The van der Waals surface area contributed by atoms with Crippen LogP contribution in [0.3, 0.4) is 0 Å². The molecule has 0 amide bonds. The van der Waals surface area contributed by atoms with E-state index in [1.54, 1.807) is 17.5 Å². The van der Waals surface area contributed by atoms with Gasteiger partial charge in [0.05, 0.1) is 5.75 Å². The summed E-state index contributed by atoms with van der Waals surface area (Å²) >= 11 is 1.59. The zero-order valence-electron chi connectivity index (χ0n) is 13.6. The molecule has 0 saturated carbocycles. The minimum atomic E-state index is -4.32. The number of fused-ring (bicyclic) bond motifs is 1. The van der Waals surface area contributed by atoms with E-state index < -0.39 is 22.6 Å². The van der Waals surface area contributed by atoms with E-state index in [-0.39, 0.29) is 33.3 Å². The number of thiophene rings is 1. The predicted molar refractivity (Wildman–Crippen MR) is 108 cm³/mol. The Balaban J connectivity index is 1.76. The van der Waals surface area contributed by atoms with E-state index in [1.165, 1.54) is 35.6 Å². The molecule has 0 aliphatic carbocycles. The van der Waals surface area contributed by atoms with Gasteiger partial charge in [0.15, 0.2) is 5.78 Å². The van der Waals surface area contributed by atoms with Gasteiger partial charge in [0, 0.05) is 26.7 Å². The normalized spacial score (nSPS) is 12.2. The molecule has 0 aliphatic rings. The van der Waals surface area contributed by atoms with Crippen molar-refractivity contribution in [2.75, 3.05) is 10.5 Å². The highest BCUT2D eigenvalue weighted by molar-refractivity contribution is 8.54. The maximum Gasteiger partial charge on any atom is 0.384 e. The average Bonchev–Trinajstić information content (AvgIpc) is 3.04. The summed E-state index contributed by atoms with van der Waals surface area (Å²) in [6, 6.07) is 12.9. The molecule has 0 radical (unpaired) electrons. The highest BCUT2D eigenvalue weighted by atomic mass is 32.7. The highest BCUT2D eigenvalue weighted by Crippen LogP contribution is 2.50. The summed E-state index contributed by atoms with van der Waals surface area (Å²) in [5, 5.41) is 2.21. The molecule has 7 nitrogen and oxygen atoms in total. The molecule has 1 aromatic heterocycles. The Bertz CT molecular complexity index is 1130. The third-order valence-electron chi connectivity index (χ3n) is 3.56. The van der Waals surface area contributed by atoms with Gasteiger partial charge >= 0.3 is 6.80 Å². The third-order valence-corrected chi connectivity index (χ3v) is 8.22. The summed E-state index contributed by atoms with van der Waals surface area (Å²) in [5.74, 6) is -0.822. The fraction of sp³-hybridized carbons (Fsp3) is 0.0625. The second-order valence-corrected chi connectivity index (χ2v) is 11.8. The van der Waals surface area contributed by atoms with Crippen LogP contribution in [0.4, 0.5) is 5.69 Å². The van der Waals surface area contributed by atoms with Crippen LogP contribution in [0.5, 0.6) is 0 Å². The minimum absolute atomic E-state index is 0.182. The van der Waals surface area contributed by atoms with Crippen LogP contribution in [-0.2, 0) is 14.6 Å². The largest absolute Gasteiger partial charge is 0.384 e. The molecule has 0 bridgehead atoms. The smallest absolute Gasteiger partial charge is 0.317 e. The van der Waals surface area contributed by atoms with Crippen LogP contribution in [0.1, 0.15) is 10.4 Å². The minimum Gasteiger partial charge on any atom is -0.317 e. The first-order valence-corrected chi connectivity index (χ1v) is 13.0. The standard InChI is InChI=1S/C16H14NO6PS3/c18-14(9-26-24(19,20)21)11-5-7-12(8-6-11)17-27(22,23)16-10-25-15-4-2-1-3-13(15)16/h1-8,10,17H,9H2,(H2,19,20,21). The van der Waals surface area contributed by atoms with Crippen molar-refractivity contribution in [2.24, 2.45) is 0 Å². The highest BCUT2D eigenvalue weighted by Gasteiger charge is 2.20. The molecule has 0 atom stereocenters. The Kier molecular flexibility index (Phi) is 5.76. The molecule has 2 aromatic carbocycles. The molecule has 142 valence electrons. The van der Waals surface area contributed by atoms with E-state index in [0.29, 0.717) is 5.39 Å². The third kappa shape index (κ3) is 4.98. The van der Waals surface area contributed by atoms with Crippen LogP contribution in [0.15, 0.2) is 58.8 Å². The first kappa shape index (κ1) is 20.1. The van der Waals surface area contributed by atoms with Crippen LogP contribution >= 0.6 is 29.5 Å². The summed E-state index contributed by atoms with van der Waals surface area (Å²) in [4.78, 5) is 29.7. The van der Waals surface area contributed by atoms with Crippen LogP contribution in [0.2, 0.25) is 0 Å². The number of carbonyl (C=O) groups excluding carboxylic acids is 1. The molecule has 3 rings (SSSR count). The molecule has 0 saturated heterocycles. The topological polar surface area (TPSA) is 121 Å². The lowest BCUT2D eigenvalue weighted by molar-refractivity contribution is 0.102. The van der Waals surface area contributed by atoms with Crippen LogP contribution < -0.4 is 4.72 Å². The number of hydrogen-bond donors (Lipinski definition) is 3. The van der Waals surface area contributed by atoms with Crippen molar-refractivity contribution in [1.29, 1.82) is 0 Å². The van der Waals surface area contributed by atoms with Gasteiger partial charge in [0.25, 0.3) is 10.0 Å². The summed E-state index contributed by atoms with van der Waals surface area (Å²) in [5.41, 5.74) is 0.518.